The fourth-order valence-electron chi connectivity index (χ4n) is 2.12. The number of amides is 1. The first-order valence-electron chi connectivity index (χ1n) is 7.57. The fraction of sp³-hybridized carbons (Fsp3) is 0.222. The average molecular weight is 327 g/mol. The molecule has 0 spiro atoms. The zero-order valence-corrected chi connectivity index (χ0v) is 14.2. The number of benzene rings is 2. The number of rotatable bonds is 5. The quantitative estimate of drug-likeness (QED) is 0.736. The highest BCUT2D eigenvalue weighted by molar-refractivity contribution is 7.80. The number of carbonyl (C=O) groups is 1. The second-order valence-electron chi connectivity index (χ2n) is 5.23. The minimum absolute atomic E-state index is 0.121. The van der Waals surface area contributed by atoms with E-state index in [1.807, 2.05) is 55.5 Å². The van der Waals surface area contributed by atoms with E-state index in [4.69, 9.17) is 12.2 Å². The maximum Gasteiger partial charge on any atom is 0.243 e. The molecule has 0 aliphatic carbocycles. The Morgan fingerprint density at radius 2 is 1.74 bits per heavy atom. The molecule has 0 saturated heterocycles. The maximum atomic E-state index is 12.0. The molecule has 0 heterocycles. The van der Waals surface area contributed by atoms with E-state index >= 15 is 0 Å². The summed E-state index contributed by atoms with van der Waals surface area (Å²) in [5, 5.41) is 9.29. The van der Waals surface area contributed by atoms with Gasteiger partial charge in [0.1, 0.15) is 0 Å². The molecule has 2 aromatic carbocycles. The van der Waals surface area contributed by atoms with Crippen molar-refractivity contribution in [2.45, 2.75) is 20.3 Å². The Hall–Kier alpha value is -2.40. The van der Waals surface area contributed by atoms with E-state index in [0.29, 0.717) is 5.11 Å². The number of thiocarbonyl (C=S) groups is 1. The van der Waals surface area contributed by atoms with Gasteiger partial charge in [-0.2, -0.15) is 0 Å². The van der Waals surface area contributed by atoms with Gasteiger partial charge < -0.3 is 16.0 Å². The van der Waals surface area contributed by atoms with Gasteiger partial charge in [0.25, 0.3) is 0 Å². The molecular weight excluding hydrogens is 306 g/mol. The molecule has 3 N–H and O–H groups in total. The Labute approximate surface area is 142 Å². The molecule has 0 aliphatic heterocycles. The minimum atomic E-state index is -0.126. The van der Waals surface area contributed by atoms with E-state index in [1.165, 1.54) is 5.56 Å². The van der Waals surface area contributed by atoms with Gasteiger partial charge in [-0.05, 0) is 49.3 Å². The van der Waals surface area contributed by atoms with E-state index in [-0.39, 0.29) is 12.5 Å². The third-order valence-corrected chi connectivity index (χ3v) is 3.64. The lowest BCUT2D eigenvalue weighted by Crippen LogP contribution is -2.35. The summed E-state index contributed by atoms with van der Waals surface area (Å²) in [6.07, 6.45) is 0.872. The first-order valence-corrected chi connectivity index (χ1v) is 7.98. The molecule has 5 heteroatoms. The molecule has 0 bridgehead atoms. The molecule has 2 rings (SSSR count). The summed E-state index contributed by atoms with van der Waals surface area (Å²) in [5.74, 6) is -0.126. The number of nitrogens with one attached hydrogen (secondary N) is 3. The molecule has 4 nitrogen and oxygen atoms in total. The second kappa shape index (κ2) is 8.29. The number of hydrogen-bond donors (Lipinski definition) is 3. The maximum absolute atomic E-state index is 12.0. The van der Waals surface area contributed by atoms with Crippen LogP contribution >= 0.6 is 12.2 Å². The van der Waals surface area contributed by atoms with Crippen molar-refractivity contribution in [3.05, 3.63) is 59.7 Å². The van der Waals surface area contributed by atoms with Gasteiger partial charge in [0.2, 0.25) is 5.91 Å². The standard InChI is InChI=1S/C18H21N3OS/c1-3-14-6-4-5-7-16(14)21-17(22)12-19-18(23)20-15-10-8-13(2)9-11-15/h4-11H,3,12H2,1-2H3,(H,21,22)(H2,19,20,23). The van der Waals surface area contributed by atoms with Crippen LogP contribution < -0.4 is 16.0 Å². The Bertz CT molecular complexity index is 683. The predicted molar refractivity (Wildman–Crippen MR) is 99.9 cm³/mol. The zero-order chi connectivity index (χ0) is 16.7. The van der Waals surface area contributed by atoms with E-state index in [1.54, 1.807) is 0 Å². The van der Waals surface area contributed by atoms with Crippen molar-refractivity contribution in [3.8, 4) is 0 Å². The largest absolute Gasteiger partial charge is 0.353 e. The molecule has 0 fully saturated rings. The topological polar surface area (TPSA) is 53.2 Å². The van der Waals surface area contributed by atoms with Crippen LogP contribution in [0.2, 0.25) is 0 Å². The summed E-state index contributed by atoms with van der Waals surface area (Å²) in [6.45, 7) is 4.21. The molecule has 0 saturated carbocycles. The van der Waals surface area contributed by atoms with E-state index in [9.17, 15) is 4.79 Å². The van der Waals surface area contributed by atoms with Crippen molar-refractivity contribution in [1.29, 1.82) is 0 Å². The molecule has 23 heavy (non-hydrogen) atoms. The van der Waals surface area contributed by atoms with Crippen LogP contribution in [0.15, 0.2) is 48.5 Å². The van der Waals surface area contributed by atoms with Gasteiger partial charge in [0.15, 0.2) is 5.11 Å². The van der Waals surface area contributed by atoms with Gasteiger partial charge in [-0.1, -0.05) is 42.8 Å². The van der Waals surface area contributed by atoms with Crippen molar-refractivity contribution in [2.75, 3.05) is 17.2 Å². The molecule has 0 atom stereocenters. The van der Waals surface area contributed by atoms with Crippen molar-refractivity contribution in [3.63, 3.8) is 0 Å². The number of hydrogen-bond acceptors (Lipinski definition) is 2. The first kappa shape index (κ1) is 17.0. The SMILES string of the molecule is CCc1ccccc1NC(=O)CNC(=S)Nc1ccc(C)cc1. The molecule has 0 radical (unpaired) electrons. The van der Waals surface area contributed by atoms with Crippen LogP contribution in [0.1, 0.15) is 18.1 Å². The van der Waals surface area contributed by atoms with Crippen molar-refractivity contribution in [2.24, 2.45) is 0 Å². The van der Waals surface area contributed by atoms with Crippen LogP contribution in [0.5, 0.6) is 0 Å². The lowest BCUT2D eigenvalue weighted by molar-refractivity contribution is -0.115. The van der Waals surface area contributed by atoms with Gasteiger partial charge in [-0.15, -0.1) is 0 Å². The predicted octanol–water partition coefficient (Wildman–Crippen LogP) is 3.48. The van der Waals surface area contributed by atoms with Crippen LogP contribution in [0, 0.1) is 6.92 Å². The molecule has 0 aromatic heterocycles. The summed E-state index contributed by atoms with van der Waals surface area (Å²) in [5.41, 5.74) is 4.04. The highest BCUT2D eigenvalue weighted by Crippen LogP contribution is 2.15. The summed E-state index contributed by atoms with van der Waals surface area (Å²) in [4.78, 5) is 12.0. The Balaban J connectivity index is 1.82. The van der Waals surface area contributed by atoms with E-state index in [0.717, 1.165) is 23.4 Å². The van der Waals surface area contributed by atoms with Gasteiger partial charge in [-0.3, -0.25) is 4.79 Å². The number of para-hydroxylation sites is 1. The van der Waals surface area contributed by atoms with Crippen LogP contribution in [-0.4, -0.2) is 17.6 Å². The monoisotopic (exact) mass is 327 g/mol. The van der Waals surface area contributed by atoms with Gasteiger partial charge >= 0.3 is 0 Å². The lowest BCUT2D eigenvalue weighted by Gasteiger charge is -2.12. The second-order valence-corrected chi connectivity index (χ2v) is 5.64. The van der Waals surface area contributed by atoms with Gasteiger partial charge in [0.05, 0.1) is 6.54 Å². The first-order chi connectivity index (χ1) is 11.1. The molecule has 2 aromatic rings. The summed E-state index contributed by atoms with van der Waals surface area (Å²) < 4.78 is 0. The third kappa shape index (κ3) is 5.38. The van der Waals surface area contributed by atoms with Crippen molar-refractivity contribution in [1.82, 2.24) is 5.32 Å². The Kier molecular flexibility index (Phi) is 6.11. The van der Waals surface area contributed by atoms with Gasteiger partial charge in [-0.25, -0.2) is 0 Å². The number of aryl methyl sites for hydroxylation is 2. The van der Waals surface area contributed by atoms with Crippen LogP contribution in [0.4, 0.5) is 11.4 Å². The van der Waals surface area contributed by atoms with E-state index < -0.39 is 0 Å². The van der Waals surface area contributed by atoms with Crippen LogP contribution in [0.25, 0.3) is 0 Å². The molecule has 0 aliphatic rings. The Morgan fingerprint density at radius 1 is 1.04 bits per heavy atom. The highest BCUT2D eigenvalue weighted by Gasteiger charge is 2.06. The Morgan fingerprint density at radius 3 is 2.43 bits per heavy atom. The number of carbonyl (C=O) groups excluding carboxylic acids is 1. The van der Waals surface area contributed by atoms with Crippen LogP contribution in [0.3, 0.4) is 0 Å². The average Bonchev–Trinajstić information content (AvgIpc) is 2.55. The normalized spacial score (nSPS) is 10.0. The third-order valence-electron chi connectivity index (χ3n) is 3.39. The van der Waals surface area contributed by atoms with Crippen molar-refractivity contribution < 1.29 is 4.79 Å². The zero-order valence-electron chi connectivity index (χ0n) is 13.3. The van der Waals surface area contributed by atoms with Crippen molar-refractivity contribution >= 4 is 34.6 Å². The van der Waals surface area contributed by atoms with Gasteiger partial charge in [0, 0.05) is 11.4 Å². The summed E-state index contributed by atoms with van der Waals surface area (Å²) >= 11 is 5.20. The minimum Gasteiger partial charge on any atom is -0.353 e. The molecular formula is C18H21N3OS. The smallest absolute Gasteiger partial charge is 0.243 e. The molecule has 1 amide bonds. The summed E-state index contributed by atoms with van der Waals surface area (Å²) in [6, 6.07) is 15.7. The molecule has 0 unspecified atom stereocenters. The van der Waals surface area contributed by atoms with Crippen LogP contribution in [-0.2, 0) is 11.2 Å². The fourth-order valence-corrected chi connectivity index (χ4v) is 2.31. The highest BCUT2D eigenvalue weighted by atomic mass is 32.1. The van der Waals surface area contributed by atoms with E-state index in [2.05, 4.69) is 22.9 Å². The lowest BCUT2D eigenvalue weighted by atomic mass is 10.1. The summed E-state index contributed by atoms with van der Waals surface area (Å²) in [7, 11) is 0. The number of anilines is 2. The molecule has 120 valence electrons.